The first-order chi connectivity index (χ1) is 17.5. The van der Waals surface area contributed by atoms with Gasteiger partial charge in [0, 0.05) is 18.4 Å². The zero-order valence-electron chi connectivity index (χ0n) is 19.9. The summed E-state index contributed by atoms with van der Waals surface area (Å²) in [6.45, 7) is 1.85. The van der Waals surface area contributed by atoms with Gasteiger partial charge in [0.15, 0.2) is 5.90 Å². The lowest BCUT2D eigenvalue weighted by Gasteiger charge is -2.18. The molecule has 2 heterocycles. The highest BCUT2D eigenvalue weighted by atomic mass is 31.2. The van der Waals surface area contributed by atoms with Gasteiger partial charge in [-0.05, 0) is 23.3 Å². The molecule has 0 saturated carbocycles. The topological polar surface area (TPSA) is 192 Å². The Kier molecular flexibility index (Phi) is 8.45. The first kappa shape index (κ1) is 27.8. The largest absolute Gasteiger partial charge is 0.387 e. The van der Waals surface area contributed by atoms with Crippen LogP contribution in [0.1, 0.15) is 30.0 Å². The Balaban J connectivity index is 1.53. The SMILES string of the molecule is CCc1nc(NCc2ccccc2)c2ccc([C@@H]3O[C@H](COP(=O)(O)CP(=O)(O)O)[C@@H](O)[C@H]3O)cc2n1. The summed E-state index contributed by atoms with van der Waals surface area (Å²) in [5.74, 6) is -0.0945. The second-order valence-electron chi connectivity index (χ2n) is 8.77. The van der Waals surface area contributed by atoms with Crippen LogP contribution in [0, 0.1) is 0 Å². The van der Waals surface area contributed by atoms with Crippen LogP contribution in [0.3, 0.4) is 0 Å². The molecule has 1 fully saturated rings. The Hall–Kier alpha value is -2.24. The maximum Gasteiger partial charge on any atom is 0.340 e. The smallest absolute Gasteiger partial charge is 0.340 e. The number of hydrogen-bond acceptors (Lipinski definition) is 9. The van der Waals surface area contributed by atoms with Crippen molar-refractivity contribution in [3.8, 4) is 0 Å². The van der Waals surface area contributed by atoms with Gasteiger partial charge in [0.05, 0.1) is 12.1 Å². The lowest BCUT2D eigenvalue weighted by atomic mass is 10.0. The van der Waals surface area contributed by atoms with Crippen molar-refractivity contribution in [3.05, 3.63) is 65.5 Å². The van der Waals surface area contributed by atoms with E-state index in [1.165, 1.54) is 0 Å². The van der Waals surface area contributed by atoms with Gasteiger partial charge in [-0.3, -0.25) is 9.13 Å². The monoisotopic (exact) mass is 553 g/mol. The molecule has 1 saturated heterocycles. The highest BCUT2D eigenvalue weighted by Crippen LogP contribution is 2.55. The zero-order chi connectivity index (χ0) is 26.8. The number of anilines is 1. The van der Waals surface area contributed by atoms with Crippen molar-refractivity contribution in [2.45, 2.75) is 44.3 Å². The van der Waals surface area contributed by atoms with Gasteiger partial charge >= 0.3 is 15.2 Å². The lowest BCUT2D eigenvalue weighted by Crippen LogP contribution is -2.33. The quantitative estimate of drug-likeness (QED) is 0.201. The highest BCUT2D eigenvalue weighted by Gasteiger charge is 2.45. The van der Waals surface area contributed by atoms with Crippen LogP contribution in [0.5, 0.6) is 0 Å². The molecule has 1 aliphatic rings. The predicted octanol–water partition coefficient (Wildman–Crippen LogP) is 2.30. The zero-order valence-corrected chi connectivity index (χ0v) is 21.7. The molecule has 0 aliphatic carbocycles. The van der Waals surface area contributed by atoms with Crippen LogP contribution in [0.2, 0.25) is 0 Å². The Morgan fingerprint density at radius 2 is 1.76 bits per heavy atom. The summed E-state index contributed by atoms with van der Waals surface area (Å²) in [5, 5.41) is 25.1. The number of fused-ring (bicyclic) bond motifs is 1. The molecule has 0 amide bonds. The van der Waals surface area contributed by atoms with Crippen molar-refractivity contribution in [2.75, 3.05) is 17.8 Å². The molecule has 1 unspecified atom stereocenters. The second-order valence-corrected chi connectivity index (χ2v) is 12.8. The van der Waals surface area contributed by atoms with Crippen molar-refractivity contribution in [1.82, 2.24) is 9.97 Å². The van der Waals surface area contributed by atoms with Crippen molar-refractivity contribution in [1.29, 1.82) is 0 Å². The molecular formula is C23H29N3O9P2. The third kappa shape index (κ3) is 7.00. The molecule has 6 N–H and O–H groups in total. The highest BCUT2D eigenvalue weighted by molar-refractivity contribution is 7.70. The van der Waals surface area contributed by atoms with Crippen LogP contribution >= 0.6 is 15.2 Å². The number of hydrogen-bond donors (Lipinski definition) is 6. The third-order valence-corrected chi connectivity index (χ3v) is 9.34. The Morgan fingerprint density at radius 1 is 1.03 bits per heavy atom. The van der Waals surface area contributed by atoms with E-state index < -0.39 is 52.1 Å². The summed E-state index contributed by atoms with van der Waals surface area (Å²) >= 11 is 0. The minimum Gasteiger partial charge on any atom is -0.387 e. The summed E-state index contributed by atoms with van der Waals surface area (Å²) in [6, 6.07) is 15.1. The molecule has 3 aromatic rings. The van der Waals surface area contributed by atoms with Crippen LogP contribution in [0.4, 0.5) is 5.82 Å². The van der Waals surface area contributed by atoms with Crippen LogP contribution in [0.15, 0.2) is 48.5 Å². The molecule has 0 spiro atoms. The van der Waals surface area contributed by atoms with E-state index in [2.05, 4.69) is 15.3 Å². The van der Waals surface area contributed by atoms with Gasteiger partial charge < -0.3 is 39.5 Å². The van der Waals surface area contributed by atoms with E-state index in [4.69, 9.17) is 19.0 Å². The molecule has 4 rings (SSSR count). The Bertz CT molecular complexity index is 1340. The van der Waals surface area contributed by atoms with Crippen LogP contribution < -0.4 is 5.32 Å². The molecule has 2 aromatic carbocycles. The molecule has 0 bridgehead atoms. The first-order valence-electron chi connectivity index (χ1n) is 11.6. The number of benzene rings is 2. The normalized spacial score (nSPS) is 23.7. The van der Waals surface area contributed by atoms with Crippen LogP contribution in [-0.4, -0.2) is 65.7 Å². The van der Waals surface area contributed by atoms with Gasteiger partial charge in [-0.25, -0.2) is 9.97 Å². The summed E-state index contributed by atoms with van der Waals surface area (Å²) in [5.41, 5.74) is 2.20. The minimum atomic E-state index is -4.80. The number of aryl methyl sites for hydroxylation is 1. The number of nitrogens with zero attached hydrogens (tertiary/aromatic N) is 2. The van der Waals surface area contributed by atoms with Crippen LogP contribution in [-0.2, 0) is 31.4 Å². The number of aromatic nitrogens is 2. The maximum atomic E-state index is 11.9. The van der Waals surface area contributed by atoms with Gasteiger partial charge in [0.25, 0.3) is 0 Å². The first-order valence-corrected chi connectivity index (χ1v) is 15.1. The molecule has 200 valence electrons. The predicted molar refractivity (Wildman–Crippen MR) is 135 cm³/mol. The van der Waals surface area contributed by atoms with E-state index in [0.717, 1.165) is 10.9 Å². The fourth-order valence-electron chi connectivity index (χ4n) is 4.07. The fourth-order valence-corrected chi connectivity index (χ4v) is 6.64. The molecule has 0 radical (unpaired) electrons. The van der Waals surface area contributed by atoms with Gasteiger partial charge in [-0.15, -0.1) is 0 Å². The average Bonchev–Trinajstić information content (AvgIpc) is 3.13. The maximum absolute atomic E-state index is 11.9. The Morgan fingerprint density at radius 3 is 2.43 bits per heavy atom. The third-order valence-electron chi connectivity index (χ3n) is 5.88. The molecule has 12 nitrogen and oxygen atoms in total. The second kappa shape index (κ2) is 11.2. The van der Waals surface area contributed by atoms with E-state index in [-0.39, 0.29) is 0 Å². The van der Waals surface area contributed by atoms with E-state index in [0.29, 0.717) is 35.7 Å². The molecule has 37 heavy (non-hydrogen) atoms. The van der Waals surface area contributed by atoms with E-state index in [1.54, 1.807) is 18.2 Å². The number of aliphatic hydroxyl groups is 2. The average molecular weight is 553 g/mol. The number of ether oxygens (including phenoxy) is 1. The van der Waals surface area contributed by atoms with E-state index in [1.807, 2.05) is 37.3 Å². The summed E-state index contributed by atoms with van der Waals surface area (Å²) < 4.78 is 33.5. The standard InChI is InChI=1S/C23H29N3O9P2/c1-2-19-25-17-10-15(8-9-16(17)23(26-19)24-11-14-6-4-3-5-7-14)22-21(28)20(27)18(35-22)12-34-37(32,33)13-36(29,30)31/h3-10,18,20-22,27-28H,2,11-13H2,1H3,(H,32,33)(H,24,25,26)(H2,29,30,31)/t18-,20-,21-,22+/m1/s1. The lowest BCUT2D eigenvalue weighted by molar-refractivity contribution is -0.0186. The Labute approximate surface area is 213 Å². The number of nitrogens with one attached hydrogen (secondary N) is 1. The van der Waals surface area contributed by atoms with Crippen molar-refractivity contribution in [2.24, 2.45) is 0 Å². The summed E-state index contributed by atoms with van der Waals surface area (Å²) in [7, 11) is -9.44. The van der Waals surface area contributed by atoms with Gasteiger partial charge in [-0.1, -0.05) is 43.3 Å². The van der Waals surface area contributed by atoms with Crippen LogP contribution in [0.25, 0.3) is 10.9 Å². The van der Waals surface area contributed by atoms with Crippen molar-refractivity contribution >= 4 is 31.9 Å². The minimum absolute atomic E-state index is 0.513. The molecule has 1 aliphatic heterocycles. The fraction of sp³-hybridized carbons (Fsp3) is 0.391. The molecule has 1 aromatic heterocycles. The summed E-state index contributed by atoms with van der Waals surface area (Å²) in [6.07, 6.45) is -4.44. The van der Waals surface area contributed by atoms with Crippen molar-refractivity contribution in [3.63, 3.8) is 0 Å². The van der Waals surface area contributed by atoms with E-state index in [9.17, 15) is 24.2 Å². The van der Waals surface area contributed by atoms with Gasteiger partial charge in [0.2, 0.25) is 0 Å². The molecule has 14 heteroatoms. The number of aliphatic hydroxyl groups excluding tert-OH is 2. The van der Waals surface area contributed by atoms with Crippen molar-refractivity contribution < 1.29 is 43.3 Å². The van der Waals surface area contributed by atoms with Gasteiger partial charge in [0.1, 0.15) is 36.1 Å². The van der Waals surface area contributed by atoms with Gasteiger partial charge in [-0.2, -0.15) is 0 Å². The molecule has 5 atom stereocenters. The summed E-state index contributed by atoms with van der Waals surface area (Å²) in [4.78, 5) is 36.7. The van der Waals surface area contributed by atoms with E-state index >= 15 is 0 Å². The molecular weight excluding hydrogens is 524 g/mol. The number of rotatable bonds is 10.